The SMILES string of the molecule is C=C(C)c1cncc2c1OCCN2. The summed E-state index contributed by atoms with van der Waals surface area (Å²) >= 11 is 0. The molecule has 0 bridgehead atoms. The Morgan fingerprint density at radius 1 is 1.62 bits per heavy atom. The van der Waals surface area contributed by atoms with Crippen molar-refractivity contribution in [2.24, 2.45) is 0 Å². The Morgan fingerprint density at radius 2 is 2.46 bits per heavy atom. The summed E-state index contributed by atoms with van der Waals surface area (Å²) in [4.78, 5) is 4.12. The van der Waals surface area contributed by atoms with Crippen molar-refractivity contribution in [2.75, 3.05) is 18.5 Å². The molecule has 68 valence electrons. The van der Waals surface area contributed by atoms with Crippen LogP contribution in [-0.4, -0.2) is 18.1 Å². The molecule has 0 spiro atoms. The van der Waals surface area contributed by atoms with Gasteiger partial charge in [0, 0.05) is 18.3 Å². The van der Waals surface area contributed by atoms with Crippen LogP contribution in [0.2, 0.25) is 0 Å². The average molecular weight is 176 g/mol. The van der Waals surface area contributed by atoms with Gasteiger partial charge in [0.1, 0.15) is 6.61 Å². The first kappa shape index (κ1) is 8.10. The van der Waals surface area contributed by atoms with Gasteiger partial charge in [-0.1, -0.05) is 6.58 Å². The molecule has 0 saturated carbocycles. The van der Waals surface area contributed by atoms with Crippen molar-refractivity contribution >= 4 is 11.3 Å². The lowest BCUT2D eigenvalue weighted by Crippen LogP contribution is -2.19. The maximum absolute atomic E-state index is 5.55. The zero-order valence-electron chi connectivity index (χ0n) is 7.63. The fourth-order valence-electron chi connectivity index (χ4n) is 1.37. The van der Waals surface area contributed by atoms with Crippen molar-refractivity contribution in [3.63, 3.8) is 0 Å². The molecule has 3 nitrogen and oxygen atoms in total. The third-order valence-electron chi connectivity index (χ3n) is 2.02. The molecule has 0 saturated heterocycles. The molecule has 1 aliphatic rings. The lowest BCUT2D eigenvalue weighted by molar-refractivity contribution is 0.322. The number of ether oxygens (including phenoxy) is 1. The number of pyridine rings is 1. The van der Waals surface area contributed by atoms with E-state index in [9.17, 15) is 0 Å². The largest absolute Gasteiger partial charge is 0.489 e. The van der Waals surface area contributed by atoms with Gasteiger partial charge in [-0.05, 0) is 12.5 Å². The van der Waals surface area contributed by atoms with Crippen LogP contribution in [0.4, 0.5) is 5.69 Å². The number of rotatable bonds is 1. The van der Waals surface area contributed by atoms with Gasteiger partial charge >= 0.3 is 0 Å². The lowest BCUT2D eigenvalue weighted by Gasteiger charge is -2.21. The Labute approximate surface area is 77.4 Å². The molecule has 1 aromatic rings. The molecule has 13 heavy (non-hydrogen) atoms. The van der Waals surface area contributed by atoms with E-state index < -0.39 is 0 Å². The van der Waals surface area contributed by atoms with Gasteiger partial charge in [0.25, 0.3) is 0 Å². The maximum atomic E-state index is 5.55. The second-order valence-electron chi connectivity index (χ2n) is 3.12. The van der Waals surface area contributed by atoms with Crippen LogP contribution in [0, 0.1) is 0 Å². The molecule has 1 N–H and O–H groups in total. The summed E-state index contributed by atoms with van der Waals surface area (Å²) in [6, 6.07) is 0. The summed E-state index contributed by atoms with van der Waals surface area (Å²) in [7, 11) is 0. The Morgan fingerprint density at radius 3 is 3.23 bits per heavy atom. The van der Waals surface area contributed by atoms with Gasteiger partial charge in [-0.25, -0.2) is 0 Å². The van der Waals surface area contributed by atoms with E-state index in [2.05, 4.69) is 16.9 Å². The average Bonchev–Trinajstić information content (AvgIpc) is 2.17. The number of aromatic nitrogens is 1. The van der Waals surface area contributed by atoms with E-state index in [1.54, 1.807) is 12.4 Å². The van der Waals surface area contributed by atoms with Gasteiger partial charge in [-0.15, -0.1) is 0 Å². The van der Waals surface area contributed by atoms with E-state index in [1.165, 1.54) is 0 Å². The highest BCUT2D eigenvalue weighted by Gasteiger charge is 2.14. The smallest absolute Gasteiger partial charge is 0.153 e. The van der Waals surface area contributed by atoms with Gasteiger partial charge < -0.3 is 10.1 Å². The van der Waals surface area contributed by atoms with E-state index in [-0.39, 0.29) is 0 Å². The van der Waals surface area contributed by atoms with Crippen LogP contribution in [0.5, 0.6) is 5.75 Å². The molecular weight excluding hydrogens is 164 g/mol. The fraction of sp³-hybridized carbons (Fsp3) is 0.300. The molecule has 0 radical (unpaired) electrons. The van der Waals surface area contributed by atoms with Crippen LogP contribution >= 0.6 is 0 Å². The van der Waals surface area contributed by atoms with Gasteiger partial charge in [0.05, 0.1) is 11.9 Å². The van der Waals surface area contributed by atoms with Crippen molar-refractivity contribution < 1.29 is 4.74 Å². The first-order valence-electron chi connectivity index (χ1n) is 4.29. The topological polar surface area (TPSA) is 34.1 Å². The zero-order chi connectivity index (χ0) is 9.26. The number of nitrogens with zero attached hydrogens (tertiary/aromatic N) is 1. The number of fused-ring (bicyclic) bond motifs is 1. The molecule has 0 atom stereocenters. The zero-order valence-corrected chi connectivity index (χ0v) is 7.63. The minimum absolute atomic E-state index is 0.706. The molecule has 0 aromatic carbocycles. The normalized spacial score (nSPS) is 13.9. The third-order valence-corrected chi connectivity index (χ3v) is 2.02. The molecular formula is C10H12N2O. The van der Waals surface area contributed by atoms with E-state index >= 15 is 0 Å². The van der Waals surface area contributed by atoms with Gasteiger partial charge in [-0.3, -0.25) is 4.98 Å². The van der Waals surface area contributed by atoms with Crippen LogP contribution in [-0.2, 0) is 0 Å². The Hall–Kier alpha value is -1.51. The molecule has 0 fully saturated rings. The van der Waals surface area contributed by atoms with E-state index in [4.69, 9.17) is 4.74 Å². The summed E-state index contributed by atoms with van der Waals surface area (Å²) in [6.45, 7) is 7.39. The van der Waals surface area contributed by atoms with Crippen molar-refractivity contribution in [1.82, 2.24) is 4.98 Å². The standard InChI is InChI=1S/C10H12N2O/c1-7(2)8-5-11-6-9-10(8)13-4-3-12-9/h5-6,12H,1,3-4H2,2H3. The quantitative estimate of drug-likeness (QED) is 0.709. The maximum Gasteiger partial charge on any atom is 0.153 e. The summed E-state index contributed by atoms with van der Waals surface area (Å²) in [5.41, 5.74) is 2.93. The molecule has 2 heterocycles. The Balaban J connectivity index is 2.52. The summed E-state index contributed by atoms with van der Waals surface area (Å²) in [6.07, 6.45) is 3.56. The first-order valence-corrected chi connectivity index (χ1v) is 4.29. The lowest BCUT2D eigenvalue weighted by atomic mass is 10.1. The van der Waals surface area contributed by atoms with Crippen LogP contribution in [0.25, 0.3) is 5.57 Å². The molecule has 0 amide bonds. The van der Waals surface area contributed by atoms with Crippen molar-refractivity contribution in [1.29, 1.82) is 0 Å². The van der Waals surface area contributed by atoms with Crippen molar-refractivity contribution in [2.45, 2.75) is 6.92 Å². The minimum atomic E-state index is 0.706. The molecule has 3 heteroatoms. The molecule has 1 aliphatic heterocycles. The van der Waals surface area contributed by atoms with E-state index in [1.807, 2.05) is 6.92 Å². The highest BCUT2D eigenvalue weighted by molar-refractivity contribution is 5.74. The van der Waals surface area contributed by atoms with Crippen molar-refractivity contribution in [3.05, 3.63) is 24.5 Å². The summed E-state index contributed by atoms with van der Waals surface area (Å²) in [5, 5.41) is 3.23. The predicted octanol–water partition coefficient (Wildman–Crippen LogP) is 1.92. The summed E-state index contributed by atoms with van der Waals surface area (Å²) in [5.74, 6) is 0.883. The van der Waals surface area contributed by atoms with Gasteiger partial charge in [0.2, 0.25) is 0 Å². The van der Waals surface area contributed by atoms with Crippen LogP contribution in [0.1, 0.15) is 12.5 Å². The Kier molecular flexibility index (Phi) is 1.93. The molecule has 0 aliphatic carbocycles. The van der Waals surface area contributed by atoms with Crippen LogP contribution in [0.15, 0.2) is 19.0 Å². The predicted molar refractivity (Wildman–Crippen MR) is 52.9 cm³/mol. The fourth-order valence-corrected chi connectivity index (χ4v) is 1.37. The second kappa shape index (κ2) is 3.09. The van der Waals surface area contributed by atoms with Crippen molar-refractivity contribution in [3.8, 4) is 5.75 Å². The van der Waals surface area contributed by atoms with Gasteiger partial charge in [0.15, 0.2) is 5.75 Å². The number of hydrogen-bond donors (Lipinski definition) is 1. The van der Waals surface area contributed by atoms with Crippen LogP contribution in [0.3, 0.4) is 0 Å². The van der Waals surface area contributed by atoms with E-state index in [0.29, 0.717) is 6.61 Å². The highest BCUT2D eigenvalue weighted by atomic mass is 16.5. The number of nitrogens with one attached hydrogen (secondary N) is 1. The summed E-state index contributed by atoms with van der Waals surface area (Å²) < 4.78 is 5.55. The van der Waals surface area contributed by atoms with Gasteiger partial charge in [-0.2, -0.15) is 0 Å². The number of anilines is 1. The monoisotopic (exact) mass is 176 g/mol. The number of hydrogen-bond acceptors (Lipinski definition) is 3. The number of allylic oxidation sites excluding steroid dienone is 1. The molecule has 2 rings (SSSR count). The third kappa shape index (κ3) is 1.37. The Bertz CT molecular complexity index is 347. The first-order chi connectivity index (χ1) is 6.29. The molecule has 0 unspecified atom stereocenters. The minimum Gasteiger partial charge on any atom is -0.489 e. The van der Waals surface area contributed by atoms with Crippen LogP contribution < -0.4 is 10.1 Å². The molecule has 1 aromatic heterocycles. The highest BCUT2D eigenvalue weighted by Crippen LogP contribution is 2.33. The van der Waals surface area contributed by atoms with E-state index in [0.717, 1.165) is 29.1 Å². The second-order valence-corrected chi connectivity index (χ2v) is 3.12.